The molecule has 0 fully saturated rings. The Balaban J connectivity index is 1.71. The van der Waals surface area contributed by atoms with Crippen LogP contribution < -0.4 is 23.8 Å². The van der Waals surface area contributed by atoms with Gasteiger partial charge in [-0.05, 0) is 55.7 Å². The summed E-state index contributed by atoms with van der Waals surface area (Å²) in [7, 11) is 9.62. The minimum atomic E-state index is 0.251. The Morgan fingerprint density at radius 1 is 0.938 bits per heavy atom. The first-order chi connectivity index (χ1) is 15.4. The Morgan fingerprint density at radius 2 is 1.66 bits per heavy atom. The maximum Gasteiger partial charge on any atom is 0.231 e. The van der Waals surface area contributed by atoms with Gasteiger partial charge in [0.1, 0.15) is 0 Å². The summed E-state index contributed by atoms with van der Waals surface area (Å²) in [5, 5.41) is 2.22. The van der Waals surface area contributed by atoms with Gasteiger partial charge in [-0.2, -0.15) is 0 Å². The number of anilines is 1. The summed E-state index contributed by atoms with van der Waals surface area (Å²) in [4.78, 5) is 9.49. The van der Waals surface area contributed by atoms with Gasteiger partial charge in [-0.25, -0.2) is 0 Å². The summed E-state index contributed by atoms with van der Waals surface area (Å²) in [5.41, 5.74) is 6.63. The number of hydrogen-bond acceptors (Lipinski definition) is 7. The van der Waals surface area contributed by atoms with Crippen molar-refractivity contribution in [2.45, 2.75) is 13.3 Å². The van der Waals surface area contributed by atoms with Crippen molar-refractivity contribution in [2.75, 3.05) is 60.1 Å². The molecule has 7 nitrogen and oxygen atoms in total. The Labute approximate surface area is 188 Å². The normalized spacial score (nSPS) is 13.5. The van der Waals surface area contributed by atoms with Crippen LogP contribution in [-0.4, -0.2) is 65.1 Å². The molecule has 0 saturated carbocycles. The fraction of sp³-hybridized carbons (Fsp3) is 0.400. The van der Waals surface area contributed by atoms with E-state index in [1.54, 1.807) is 14.2 Å². The van der Waals surface area contributed by atoms with E-state index in [9.17, 15) is 0 Å². The van der Waals surface area contributed by atoms with Crippen LogP contribution in [0.5, 0.6) is 23.0 Å². The predicted octanol–water partition coefficient (Wildman–Crippen LogP) is 3.86. The minimum absolute atomic E-state index is 0.251. The van der Waals surface area contributed by atoms with Gasteiger partial charge < -0.3 is 28.7 Å². The number of aromatic nitrogens is 1. The summed E-state index contributed by atoms with van der Waals surface area (Å²) < 4.78 is 22.9. The maximum atomic E-state index is 5.93. The van der Waals surface area contributed by atoms with E-state index in [0.717, 1.165) is 70.2 Å². The molecule has 0 atom stereocenters. The van der Waals surface area contributed by atoms with Crippen LogP contribution in [0, 0.1) is 6.92 Å². The van der Waals surface area contributed by atoms with Crippen molar-refractivity contribution in [1.82, 2.24) is 9.88 Å². The number of ether oxygens (including phenoxy) is 4. The van der Waals surface area contributed by atoms with Gasteiger partial charge >= 0.3 is 0 Å². The monoisotopic (exact) mass is 435 g/mol. The van der Waals surface area contributed by atoms with E-state index in [1.807, 2.05) is 13.0 Å². The molecule has 168 valence electrons. The first kappa shape index (κ1) is 20.7. The van der Waals surface area contributed by atoms with E-state index >= 15 is 0 Å². The van der Waals surface area contributed by atoms with Crippen molar-refractivity contribution < 1.29 is 18.9 Å². The van der Waals surface area contributed by atoms with Gasteiger partial charge in [0.05, 0.1) is 25.6 Å². The van der Waals surface area contributed by atoms with E-state index in [1.165, 1.54) is 11.1 Å². The molecule has 0 saturated heterocycles. The lowest BCUT2D eigenvalue weighted by atomic mass is 10.0. The SMILES string of the molecule is COc1cc2c(C)nc3c(c2cc1OC)Cc1c-3cc2c(c1N(C)CCN(C)C)OCO2. The molecule has 7 heteroatoms. The fourth-order valence-corrected chi connectivity index (χ4v) is 4.75. The third-order valence-corrected chi connectivity index (χ3v) is 6.42. The molecule has 0 radical (unpaired) electrons. The summed E-state index contributed by atoms with van der Waals surface area (Å²) in [6.07, 6.45) is 0.780. The summed E-state index contributed by atoms with van der Waals surface area (Å²) in [5.74, 6) is 3.06. The molecule has 1 aliphatic heterocycles. The lowest BCUT2D eigenvalue weighted by molar-refractivity contribution is 0.174. The van der Waals surface area contributed by atoms with Crippen LogP contribution in [0.15, 0.2) is 18.2 Å². The number of benzene rings is 2. The molecule has 0 spiro atoms. The number of rotatable bonds is 6. The molecule has 0 N–H and O–H groups in total. The smallest absolute Gasteiger partial charge is 0.231 e. The third kappa shape index (κ3) is 3.11. The second-order valence-electron chi connectivity index (χ2n) is 8.66. The molecule has 2 heterocycles. The van der Waals surface area contributed by atoms with E-state index in [0.29, 0.717) is 5.75 Å². The number of hydrogen-bond donors (Lipinski definition) is 0. The molecule has 3 aromatic rings. The van der Waals surface area contributed by atoms with Crippen LogP contribution in [0.2, 0.25) is 0 Å². The van der Waals surface area contributed by atoms with Gasteiger partial charge in [-0.1, -0.05) is 0 Å². The number of pyridine rings is 1. The molecule has 0 amide bonds. The third-order valence-electron chi connectivity index (χ3n) is 6.42. The van der Waals surface area contributed by atoms with Crippen molar-refractivity contribution >= 4 is 16.5 Å². The highest BCUT2D eigenvalue weighted by Gasteiger charge is 2.33. The molecule has 5 rings (SSSR count). The first-order valence-corrected chi connectivity index (χ1v) is 10.8. The fourth-order valence-electron chi connectivity index (χ4n) is 4.75. The van der Waals surface area contributed by atoms with Gasteiger partial charge in [-0.15, -0.1) is 0 Å². The number of aryl methyl sites for hydroxylation is 1. The van der Waals surface area contributed by atoms with E-state index in [2.05, 4.69) is 43.1 Å². The lowest BCUT2D eigenvalue weighted by Gasteiger charge is -2.25. The second kappa shape index (κ2) is 7.74. The zero-order chi connectivity index (χ0) is 22.6. The number of likely N-dealkylation sites (N-methyl/N-ethyl adjacent to an activating group) is 2. The standard InChI is InChI=1S/C25H29N3O4/c1-14-15-10-20(29-5)21(30-6)11-16(15)17-9-19-18(23(17)26-14)12-22-25(32-13-31-22)24(19)28(4)8-7-27(2)3/h10-12H,7-9,13H2,1-6H3. The van der Waals surface area contributed by atoms with Crippen LogP contribution in [0.4, 0.5) is 5.69 Å². The zero-order valence-electron chi connectivity index (χ0n) is 19.5. The van der Waals surface area contributed by atoms with Crippen LogP contribution in [0.3, 0.4) is 0 Å². The van der Waals surface area contributed by atoms with Crippen molar-refractivity contribution in [2.24, 2.45) is 0 Å². The molecule has 1 aromatic heterocycles. The molecule has 1 aliphatic carbocycles. The van der Waals surface area contributed by atoms with E-state index < -0.39 is 0 Å². The maximum absolute atomic E-state index is 5.93. The molecular formula is C25H29N3O4. The van der Waals surface area contributed by atoms with Crippen molar-refractivity contribution in [3.05, 3.63) is 35.0 Å². The van der Waals surface area contributed by atoms with Gasteiger partial charge in [0.2, 0.25) is 6.79 Å². The number of fused-ring (bicyclic) bond motifs is 6. The Kier molecular flexibility index (Phi) is 5.01. The molecule has 0 unspecified atom stereocenters. The molecular weight excluding hydrogens is 406 g/mol. The zero-order valence-corrected chi connectivity index (χ0v) is 19.5. The first-order valence-electron chi connectivity index (χ1n) is 10.8. The highest BCUT2D eigenvalue weighted by molar-refractivity contribution is 5.98. The highest BCUT2D eigenvalue weighted by atomic mass is 16.7. The van der Waals surface area contributed by atoms with Gasteiger partial charge in [-0.3, -0.25) is 4.98 Å². The number of methoxy groups -OCH3 is 2. The Bertz CT molecular complexity index is 1220. The predicted molar refractivity (Wildman–Crippen MR) is 126 cm³/mol. The number of nitrogens with zero attached hydrogens (tertiary/aromatic N) is 3. The van der Waals surface area contributed by atoms with Crippen molar-refractivity contribution in [1.29, 1.82) is 0 Å². The van der Waals surface area contributed by atoms with Crippen molar-refractivity contribution in [3.8, 4) is 34.3 Å². The van der Waals surface area contributed by atoms with Gasteiger partial charge in [0, 0.05) is 43.2 Å². The average Bonchev–Trinajstić information content (AvgIpc) is 3.39. The lowest BCUT2D eigenvalue weighted by Crippen LogP contribution is -2.29. The second-order valence-corrected chi connectivity index (χ2v) is 8.66. The van der Waals surface area contributed by atoms with Crippen LogP contribution in [0.25, 0.3) is 22.0 Å². The van der Waals surface area contributed by atoms with Crippen LogP contribution >= 0.6 is 0 Å². The Hall–Kier alpha value is -3.19. The molecule has 2 aliphatic rings. The summed E-state index contributed by atoms with van der Waals surface area (Å²) in [6.45, 7) is 4.12. The quantitative estimate of drug-likeness (QED) is 0.456. The summed E-state index contributed by atoms with van der Waals surface area (Å²) >= 11 is 0. The molecule has 2 aromatic carbocycles. The molecule has 0 bridgehead atoms. The molecule has 32 heavy (non-hydrogen) atoms. The largest absolute Gasteiger partial charge is 0.493 e. The Morgan fingerprint density at radius 3 is 2.34 bits per heavy atom. The van der Waals surface area contributed by atoms with Crippen LogP contribution in [0.1, 0.15) is 16.8 Å². The average molecular weight is 436 g/mol. The highest BCUT2D eigenvalue weighted by Crippen LogP contribution is 2.53. The van der Waals surface area contributed by atoms with Gasteiger partial charge in [0.15, 0.2) is 23.0 Å². The van der Waals surface area contributed by atoms with E-state index in [4.69, 9.17) is 23.9 Å². The topological polar surface area (TPSA) is 56.3 Å². The van der Waals surface area contributed by atoms with Crippen molar-refractivity contribution in [3.63, 3.8) is 0 Å². The van der Waals surface area contributed by atoms with E-state index in [-0.39, 0.29) is 6.79 Å². The summed E-state index contributed by atoms with van der Waals surface area (Å²) in [6, 6.07) is 6.19. The minimum Gasteiger partial charge on any atom is -0.493 e. The van der Waals surface area contributed by atoms with Gasteiger partial charge in [0.25, 0.3) is 0 Å². The van der Waals surface area contributed by atoms with Crippen LogP contribution in [-0.2, 0) is 6.42 Å².